The Kier molecular flexibility index (Phi) is 6.21. The zero-order chi connectivity index (χ0) is 12.7. The van der Waals surface area contributed by atoms with E-state index in [1.54, 1.807) is 18.3 Å². The van der Waals surface area contributed by atoms with Crippen LogP contribution in [0.15, 0.2) is 15.9 Å². The first-order valence-electron chi connectivity index (χ1n) is 5.28. The molecule has 4 nitrogen and oxygen atoms in total. The van der Waals surface area contributed by atoms with E-state index in [2.05, 4.69) is 26.0 Å². The number of carbonyl (C=O) groups excluding carboxylic acids is 2. The van der Waals surface area contributed by atoms with Crippen molar-refractivity contribution in [3.05, 3.63) is 20.8 Å². The average Bonchev–Trinajstić information content (AvgIpc) is 2.64. The molecule has 0 radical (unpaired) electrons. The van der Waals surface area contributed by atoms with Gasteiger partial charge in [0, 0.05) is 11.4 Å². The minimum Gasteiger partial charge on any atom is -0.466 e. The zero-order valence-electron chi connectivity index (χ0n) is 9.49. The van der Waals surface area contributed by atoms with Crippen LogP contribution in [-0.4, -0.2) is 25.0 Å². The second-order valence-corrected chi connectivity index (χ2v) is 5.84. The fourth-order valence-corrected chi connectivity index (χ4v) is 2.70. The molecule has 0 atom stereocenters. The lowest BCUT2D eigenvalue weighted by Gasteiger charge is -2.03. The molecule has 1 aromatic heterocycles. The van der Waals surface area contributed by atoms with Gasteiger partial charge in [-0.1, -0.05) is 0 Å². The summed E-state index contributed by atoms with van der Waals surface area (Å²) in [5, 5.41) is 2.68. The van der Waals surface area contributed by atoms with Gasteiger partial charge < -0.3 is 10.1 Å². The first-order chi connectivity index (χ1) is 8.11. The van der Waals surface area contributed by atoms with Crippen LogP contribution in [-0.2, 0) is 20.7 Å². The van der Waals surface area contributed by atoms with E-state index in [1.165, 1.54) is 4.88 Å². The third-order valence-corrected chi connectivity index (χ3v) is 3.62. The average molecular weight is 320 g/mol. The van der Waals surface area contributed by atoms with E-state index >= 15 is 0 Å². The van der Waals surface area contributed by atoms with Gasteiger partial charge in [0.1, 0.15) is 6.42 Å². The van der Waals surface area contributed by atoms with Gasteiger partial charge in [0.15, 0.2) is 0 Å². The molecule has 0 saturated carbocycles. The second-order valence-electron chi connectivity index (χ2n) is 3.29. The predicted octanol–water partition coefficient (Wildman–Crippen LogP) is 2.12. The molecule has 0 unspecified atom stereocenters. The molecule has 1 heterocycles. The lowest BCUT2D eigenvalue weighted by atomic mass is 10.3. The molecule has 0 aromatic carbocycles. The fraction of sp³-hybridized carbons (Fsp3) is 0.455. The smallest absolute Gasteiger partial charge is 0.315 e. The van der Waals surface area contributed by atoms with Crippen molar-refractivity contribution in [1.29, 1.82) is 0 Å². The third kappa shape index (κ3) is 5.83. The van der Waals surface area contributed by atoms with Crippen molar-refractivity contribution >= 4 is 39.1 Å². The molecule has 0 aliphatic carbocycles. The maximum absolute atomic E-state index is 11.3. The van der Waals surface area contributed by atoms with Gasteiger partial charge in [-0.3, -0.25) is 9.59 Å². The van der Waals surface area contributed by atoms with Gasteiger partial charge in [-0.2, -0.15) is 0 Å². The lowest BCUT2D eigenvalue weighted by molar-refractivity contribution is -0.145. The Labute approximate surface area is 112 Å². The maximum atomic E-state index is 11.3. The van der Waals surface area contributed by atoms with Crippen LogP contribution < -0.4 is 5.32 Å². The summed E-state index contributed by atoms with van der Waals surface area (Å²) in [6.07, 6.45) is 0.562. The van der Waals surface area contributed by atoms with Crippen molar-refractivity contribution in [2.45, 2.75) is 19.8 Å². The number of carbonyl (C=O) groups is 2. The van der Waals surface area contributed by atoms with Crippen molar-refractivity contribution in [2.75, 3.05) is 13.2 Å². The Morgan fingerprint density at radius 2 is 2.24 bits per heavy atom. The number of halogens is 1. The monoisotopic (exact) mass is 319 g/mol. The topological polar surface area (TPSA) is 55.4 Å². The first-order valence-corrected chi connectivity index (χ1v) is 6.89. The van der Waals surface area contributed by atoms with E-state index in [0.717, 1.165) is 10.2 Å². The largest absolute Gasteiger partial charge is 0.466 e. The van der Waals surface area contributed by atoms with E-state index in [4.69, 9.17) is 0 Å². The van der Waals surface area contributed by atoms with Crippen LogP contribution in [0.3, 0.4) is 0 Å². The van der Waals surface area contributed by atoms with E-state index in [0.29, 0.717) is 13.2 Å². The number of hydrogen-bond donors (Lipinski definition) is 1. The molecule has 1 rings (SSSR count). The van der Waals surface area contributed by atoms with Crippen molar-refractivity contribution in [1.82, 2.24) is 5.32 Å². The van der Waals surface area contributed by atoms with Gasteiger partial charge in [0.05, 0.1) is 10.4 Å². The number of rotatable bonds is 6. The number of nitrogens with one attached hydrogen (secondary N) is 1. The Balaban J connectivity index is 2.18. The van der Waals surface area contributed by atoms with Gasteiger partial charge in [0.25, 0.3) is 0 Å². The highest BCUT2D eigenvalue weighted by Gasteiger charge is 2.09. The summed E-state index contributed by atoms with van der Waals surface area (Å²) in [5.41, 5.74) is 0. The molecule has 1 amide bonds. The summed E-state index contributed by atoms with van der Waals surface area (Å²) < 4.78 is 5.75. The minimum atomic E-state index is -0.483. The number of hydrogen-bond acceptors (Lipinski definition) is 4. The van der Waals surface area contributed by atoms with Crippen LogP contribution in [0.2, 0.25) is 0 Å². The van der Waals surface area contributed by atoms with Gasteiger partial charge in [0.2, 0.25) is 5.91 Å². The summed E-state index contributed by atoms with van der Waals surface area (Å²) in [4.78, 5) is 23.5. The van der Waals surface area contributed by atoms with Crippen molar-refractivity contribution in [2.24, 2.45) is 0 Å². The number of thiophene rings is 1. The molecule has 0 fully saturated rings. The third-order valence-electron chi connectivity index (χ3n) is 1.93. The number of amides is 1. The highest BCUT2D eigenvalue weighted by atomic mass is 79.9. The lowest BCUT2D eigenvalue weighted by Crippen LogP contribution is -2.28. The Morgan fingerprint density at radius 1 is 1.47 bits per heavy atom. The summed E-state index contributed by atoms with van der Waals surface area (Å²) in [6.45, 7) is 2.55. The van der Waals surface area contributed by atoms with Gasteiger partial charge in [-0.15, -0.1) is 11.3 Å². The molecule has 6 heteroatoms. The Bertz CT molecular complexity index is 392. The molecule has 0 aliphatic rings. The quantitative estimate of drug-likeness (QED) is 0.645. The van der Waals surface area contributed by atoms with E-state index in [1.807, 2.05) is 12.1 Å². The van der Waals surface area contributed by atoms with E-state index in [9.17, 15) is 9.59 Å². The van der Waals surface area contributed by atoms with Crippen molar-refractivity contribution < 1.29 is 14.3 Å². The summed E-state index contributed by atoms with van der Waals surface area (Å²) in [7, 11) is 0. The Morgan fingerprint density at radius 3 is 2.82 bits per heavy atom. The maximum Gasteiger partial charge on any atom is 0.315 e. The second kappa shape index (κ2) is 7.45. The fourth-order valence-electron chi connectivity index (χ4n) is 1.22. The van der Waals surface area contributed by atoms with E-state index in [-0.39, 0.29) is 12.3 Å². The molecular weight excluding hydrogens is 306 g/mol. The molecule has 1 aromatic rings. The Hall–Kier alpha value is -0.880. The van der Waals surface area contributed by atoms with Gasteiger partial charge >= 0.3 is 5.97 Å². The number of esters is 1. The van der Waals surface area contributed by atoms with Crippen LogP contribution in [0.1, 0.15) is 18.2 Å². The highest BCUT2D eigenvalue weighted by Crippen LogP contribution is 2.21. The van der Waals surface area contributed by atoms with Crippen LogP contribution >= 0.6 is 27.3 Å². The predicted molar refractivity (Wildman–Crippen MR) is 70.0 cm³/mol. The molecular formula is C11H14BrNO3S. The zero-order valence-corrected chi connectivity index (χ0v) is 11.9. The molecule has 0 saturated heterocycles. The summed E-state index contributed by atoms with van der Waals surface area (Å²) in [5.74, 6) is -0.775. The molecule has 94 valence electrons. The highest BCUT2D eigenvalue weighted by molar-refractivity contribution is 9.11. The standard InChI is InChI=1S/C11H14BrNO3S/c1-2-16-11(15)7-10(14)13-6-5-8-3-4-9(12)17-8/h3-4H,2,5-7H2,1H3,(H,13,14). The first kappa shape index (κ1) is 14.2. The molecule has 0 aliphatic heterocycles. The molecule has 1 N–H and O–H groups in total. The van der Waals surface area contributed by atoms with Crippen LogP contribution in [0.25, 0.3) is 0 Å². The summed E-state index contributed by atoms with van der Waals surface area (Å²) >= 11 is 5.01. The van der Waals surface area contributed by atoms with E-state index < -0.39 is 5.97 Å². The van der Waals surface area contributed by atoms with Crippen LogP contribution in [0.4, 0.5) is 0 Å². The van der Waals surface area contributed by atoms with Crippen LogP contribution in [0, 0.1) is 0 Å². The number of ether oxygens (including phenoxy) is 1. The normalized spacial score (nSPS) is 10.0. The SMILES string of the molecule is CCOC(=O)CC(=O)NCCc1ccc(Br)s1. The van der Waals surface area contributed by atoms with Crippen LogP contribution in [0.5, 0.6) is 0 Å². The summed E-state index contributed by atoms with van der Waals surface area (Å²) in [6, 6.07) is 3.98. The molecule has 0 bridgehead atoms. The van der Waals surface area contributed by atoms with Crippen molar-refractivity contribution in [3.63, 3.8) is 0 Å². The van der Waals surface area contributed by atoms with Gasteiger partial charge in [-0.05, 0) is 41.4 Å². The minimum absolute atomic E-state index is 0.206. The molecule has 0 spiro atoms. The molecule has 17 heavy (non-hydrogen) atoms. The van der Waals surface area contributed by atoms with Crippen molar-refractivity contribution in [3.8, 4) is 0 Å². The van der Waals surface area contributed by atoms with Gasteiger partial charge in [-0.25, -0.2) is 0 Å².